The number of nitrogens with zero attached hydrogens (tertiary/aromatic N) is 1. The Hall–Kier alpha value is -5.66. The SMILES string of the molecule is CC1(C)CC(C)(C)c2cc3c(cc21)-c1ccc(N(c2ccc(-c4ccccc4)cc2)c2ccc(-c4cccc(-c5ccccc5)c4)cc2)cc1C31CC2CCC1C2. The number of benzene rings is 7. The van der Waals surface area contributed by atoms with Crippen LogP contribution in [-0.4, -0.2) is 0 Å². The molecule has 2 fully saturated rings. The van der Waals surface area contributed by atoms with E-state index in [9.17, 15) is 0 Å². The van der Waals surface area contributed by atoms with E-state index in [2.05, 4.69) is 196 Å². The van der Waals surface area contributed by atoms with Crippen LogP contribution in [0.5, 0.6) is 0 Å². The standard InChI is InChI=1S/C56H51N/c1-54(2)36-55(3,4)53-34-51-49(33-52(53)54)48-29-28-47(32-50(48)56(51)35-37-18-23-44(56)30-37)57(45-24-19-40(20-25-45)38-12-7-5-8-13-38)46-26-21-41(22-27-46)43-17-11-16-42(31-43)39-14-9-6-10-15-39/h5-17,19-22,24-29,31-34,37,44H,18,23,30,35-36H2,1-4H3. The van der Waals surface area contributed by atoms with Crippen molar-refractivity contribution in [1.82, 2.24) is 0 Å². The van der Waals surface area contributed by atoms with Crippen molar-refractivity contribution in [3.63, 3.8) is 0 Å². The highest BCUT2D eigenvalue weighted by Gasteiger charge is 2.58. The van der Waals surface area contributed by atoms with Crippen molar-refractivity contribution in [2.24, 2.45) is 11.8 Å². The topological polar surface area (TPSA) is 3.24 Å². The van der Waals surface area contributed by atoms with E-state index in [4.69, 9.17) is 0 Å². The van der Waals surface area contributed by atoms with Gasteiger partial charge in [0.25, 0.3) is 0 Å². The van der Waals surface area contributed by atoms with Crippen molar-refractivity contribution >= 4 is 17.1 Å². The van der Waals surface area contributed by atoms with Gasteiger partial charge in [0, 0.05) is 22.5 Å². The average molecular weight is 738 g/mol. The summed E-state index contributed by atoms with van der Waals surface area (Å²) in [5.74, 6) is 1.53. The molecule has 7 aromatic rings. The predicted molar refractivity (Wildman–Crippen MR) is 240 cm³/mol. The van der Waals surface area contributed by atoms with Gasteiger partial charge in [-0.15, -0.1) is 0 Å². The molecule has 7 aromatic carbocycles. The van der Waals surface area contributed by atoms with Gasteiger partial charge in [-0.1, -0.05) is 149 Å². The molecule has 3 unspecified atom stereocenters. The first-order chi connectivity index (χ1) is 27.7. The number of fused-ring (bicyclic) bond motifs is 9. The fourth-order valence-corrected chi connectivity index (χ4v) is 12.2. The lowest BCUT2D eigenvalue weighted by atomic mass is 9.66. The van der Waals surface area contributed by atoms with Crippen LogP contribution in [0.1, 0.15) is 82.1 Å². The van der Waals surface area contributed by atoms with Gasteiger partial charge < -0.3 is 4.90 Å². The zero-order valence-corrected chi connectivity index (χ0v) is 33.7. The van der Waals surface area contributed by atoms with Gasteiger partial charge in [0.2, 0.25) is 0 Å². The molecule has 1 heteroatoms. The van der Waals surface area contributed by atoms with Crippen LogP contribution in [0.2, 0.25) is 0 Å². The molecule has 3 atom stereocenters. The summed E-state index contributed by atoms with van der Waals surface area (Å²) in [7, 11) is 0. The van der Waals surface area contributed by atoms with Gasteiger partial charge in [0.15, 0.2) is 0 Å². The number of rotatable bonds is 6. The molecule has 0 aromatic heterocycles. The molecule has 1 nitrogen and oxygen atoms in total. The highest BCUT2D eigenvalue weighted by atomic mass is 15.1. The van der Waals surface area contributed by atoms with Crippen LogP contribution in [0, 0.1) is 11.8 Å². The van der Waals surface area contributed by atoms with Gasteiger partial charge in [-0.3, -0.25) is 0 Å². The molecule has 4 aliphatic carbocycles. The number of anilines is 3. The third-order valence-corrected chi connectivity index (χ3v) is 14.5. The maximum Gasteiger partial charge on any atom is 0.0465 e. The Morgan fingerprint density at radius 3 is 1.51 bits per heavy atom. The molecule has 4 aliphatic rings. The second-order valence-electron chi connectivity index (χ2n) is 18.9. The highest BCUT2D eigenvalue weighted by Crippen LogP contribution is 2.67. The third-order valence-electron chi connectivity index (χ3n) is 14.5. The summed E-state index contributed by atoms with van der Waals surface area (Å²) >= 11 is 0. The Labute approximate surface area is 339 Å². The molecule has 0 heterocycles. The molecular formula is C56H51N. The van der Waals surface area contributed by atoms with Crippen molar-refractivity contribution < 1.29 is 0 Å². The van der Waals surface area contributed by atoms with E-state index in [0.717, 1.165) is 5.92 Å². The lowest BCUT2D eigenvalue weighted by Gasteiger charge is -2.38. The van der Waals surface area contributed by atoms with Crippen LogP contribution in [0.4, 0.5) is 17.1 Å². The van der Waals surface area contributed by atoms with Gasteiger partial charge in [0.1, 0.15) is 0 Å². The van der Waals surface area contributed by atoms with Crippen LogP contribution in [0.3, 0.4) is 0 Å². The van der Waals surface area contributed by atoms with E-state index in [-0.39, 0.29) is 16.2 Å². The zero-order valence-electron chi connectivity index (χ0n) is 33.7. The van der Waals surface area contributed by atoms with Crippen LogP contribution in [-0.2, 0) is 16.2 Å². The quantitative estimate of drug-likeness (QED) is 0.164. The highest BCUT2D eigenvalue weighted by molar-refractivity contribution is 5.88. The van der Waals surface area contributed by atoms with Crippen molar-refractivity contribution in [1.29, 1.82) is 0 Å². The smallest absolute Gasteiger partial charge is 0.0465 e. The van der Waals surface area contributed by atoms with Crippen LogP contribution in [0.15, 0.2) is 164 Å². The van der Waals surface area contributed by atoms with E-state index < -0.39 is 0 Å². The minimum Gasteiger partial charge on any atom is -0.310 e. The van der Waals surface area contributed by atoms with E-state index in [0.29, 0.717) is 5.92 Å². The zero-order chi connectivity index (χ0) is 38.5. The molecule has 2 bridgehead atoms. The molecule has 57 heavy (non-hydrogen) atoms. The summed E-state index contributed by atoms with van der Waals surface area (Å²) in [6.45, 7) is 9.89. The summed E-state index contributed by atoms with van der Waals surface area (Å²) in [5, 5.41) is 0. The van der Waals surface area contributed by atoms with Crippen LogP contribution >= 0.6 is 0 Å². The van der Waals surface area contributed by atoms with Gasteiger partial charge in [0.05, 0.1) is 0 Å². The Bertz CT molecular complexity index is 2650. The second-order valence-corrected chi connectivity index (χ2v) is 18.9. The van der Waals surface area contributed by atoms with Crippen LogP contribution < -0.4 is 4.90 Å². The first-order valence-corrected chi connectivity index (χ1v) is 21.2. The Morgan fingerprint density at radius 2 is 0.930 bits per heavy atom. The lowest BCUT2D eigenvalue weighted by molar-refractivity contribution is 0.326. The minimum atomic E-state index is 0.0951. The average Bonchev–Trinajstić information content (AvgIpc) is 3.97. The second kappa shape index (κ2) is 12.7. The monoisotopic (exact) mass is 737 g/mol. The summed E-state index contributed by atoms with van der Waals surface area (Å²) < 4.78 is 0. The molecule has 2 saturated carbocycles. The normalized spacial score (nSPS) is 21.7. The molecule has 1 spiro atoms. The molecule has 0 aliphatic heterocycles. The minimum absolute atomic E-state index is 0.0951. The first kappa shape index (κ1) is 34.6. The molecule has 0 radical (unpaired) electrons. The molecular weight excluding hydrogens is 687 g/mol. The Kier molecular flexibility index (Phi) is 7.69. The largest absolute Gasteiger partial charge is 0.310 e. The molecule has 280 valence electrons. The van der Waals surface area contributed by atoms with Gasteiger partial charge in [-0.25, -0.2) is 0 Å². The summed E-state index contributed by atoms with van der Waals surface area (Å²) in [6.07, 6.45) is 6.59. The van der Waals surface area contributed by atoms with Gasteiger partial charge in [-0.05, 0) is 164 Å². The maximum atomic E-state index is 2.71. The summed E-state index contributed by atoms with van der Waals surface area (Å²) in [5.41, 5.74) is 20.8. The van der Waals surface area contributed by atoms with Gasteiger partial charge >= 0.3 is 0 Å². The molecule has 0 amide bonds. The Balaban J connectivity index is 1.04. The van der Waals surface area contributed by atoms with Crippen molar-refractivity contribution in [2.75, 3.05) is 4.90 Å². The fourth-order valence-electron chi connectivity index (χ4n) is 12.2. The maximum absolute atomic E-state index is 2.71. The van der Waals surface area contributed by atoms with Crippen LogP contribution in [0.25, 0.3) is 44.5 Å². The number of hydrogen-bond acceptors (Lipinski definition) is 1. The van der Waals surface area contributed by atoms with Crippen molar-refractivity contribution in [3.8, 4) is 44.5 Å². The van der Waals surface area contributed by atoms with E-state index in [1.807, 2.05) is 0 Å². The molecule has 11 rings (SSSR count). The first-order valence-electron chi connectivity index (χ1n) is 21.2. The van der Waals surface area contributed by atoms with E-state index in [1.54, 1.807) is 22.3 Å². The number of hydrogen-bond donors (Lipinski definition) is 0. The third kappa shape index (κ3) is 5.42. The molecule has 0 N–H and O–H groups in total. The van der Waals surface area contributed by atoms with Crippen molar-refractivity contribution in [2.45, 2.75) is 76.0 Å². The molecule has 0 saturated heterocycles. The fraction of sp³-hybridized carbons (Fsp3) is 0.250. The summed E-state index contributed by atoms with van der Waals surface area (Å²) in [4.78, 5) is 2.50. The lowest BCUT2D eigenvalue weighted by Crippen LogP contribution is -2.32. The summed E-state index contributed by atoms with van der Waals surface area (Å²) in [6, 6.07) is 61.6. The van der Waals surface area contributed by atoms with E-state index >= 15 is 0 Å². The van der Waals surface area contributed by atoms with Gasteiger partial charge in [-0.2, -0.15) is 0 Å². The van der Waals surface area contributed by atoms with Crippen molar-refractivity contribution in [3.05, 3.63) is 186 Å². The van der Waals surface area contributed by atoms with E-state index in [1.165, 1.54) is 93.7 Å². The Morgan fingerprint density at radius 1 is 0.421 bits per heavy atom. The predicted octanol–water partition coefficient (Wildman–Crippen LogP) is 15.2.